The molecule has 3 rings (SSSR count). The molecule has 2 heterocycles. The van der Waals surface area contributed by atoms with Crippen LogP contribution in [0.1, 0.15) is 23.9 Å². The lowest BCUT2D eigenvalue weighted by atomic mass is 10.1. The molecule has 0 saturated carbocycles. The molecule has 0 unspecified atom stereocenters. The monoisotopic (exact) mass is 306 g/mol. The van der Waals surface area contributed by atoms with Gasteiger partial charge < -0.3 is 10.3 Å². The zero-order valence-corrected chi connectivity index (χ0v) is 12.9. The normalized spacial score (nSPS) is 15.3. The summed E-state index contributed by atoms with van der Waals surface area (Å²) in [5, 5.41) is 0.114. The number of aromatic nitrogens is 2. The van der Waals surface area contributed by atoms with Gasteiger partial charge in [-0.2, -0.15) is 4.31 Å². The second kappa shape index (κ2) is 4.85. The molecule has 0 fully saturated rings. The Morgan fingerprint density at radius 3 is 2.67 bits per heavy atom. The molecule has 0 amide bonds. The fourth-order valence-electron chi connectivity index (χ4n) is 2.61. The second-order valence-corrected chi connectivity index (χ2v) is 7.10. The smallest absolute Gasteiger partial charge is 0.262 e. The van der Waals surface area contributed by atoms with E-state index in [0.717, 1.165) is 11.1 Å². The van der Waals surface area contributed by atoms with Crippen LogP contribution in [0.4, 0.5) is 5.69 Å². The van der Waals surface area contributed by atoms with Crippen LogP contribution in [0.5, 0.6) is 0 Å². The van der Waals surface area contributed by atoms with E-state index in [1.807, 2.05) is 30.5 Å². The third-order valence-electron chi connectivity index (χ3n) is 3.82. The van der Waals surface area contributed by atoms with Crippen LogP contribution in [0.3, 0.4) is 0 Å². The predicted molar refractivity (Wildman–Crippen MR) is 79.9 cm³/mol. The van der Waals surface area contributed by atoms with Gasteiger partial charge in [-0.1, -0.05) is 6.07 Å². The molecule has 2 N–H and O–H groups in total. The Hall–Kier alpha value is -1.86. The van der Waals surface area contributed by atoms with E-state index in [0.29, 0.717) is 31.1 Å². The van der Waals surface area contributed by atoms with Gasteiger partial charge >= 0.3 is 0 Å². The minimum absolute atomic E-state index is 0.114. The summed E-state index contributed by atoms with van der Waals surface area (Å²) in [4.78, 5) is 4.19. The molecule has 6 nitrogen and oxygen atoms in total. The predicted octanol–water partition coefficient (Wildman–Crippen LogP) is 1.50. The van der Waals surface area contributed by atoms with E-state index in [9.17, 15) is 8.42 Å². The number of aryl methyl sites for hydroxylation is 2. The van der Waals surface area contributed by atoms with Crippen molar-refractivity contribution in [3.05, 3.63) is 41.3 Å². The van der Waals surface area contributed by atoms with Gasteiger partial charge in [-0.25, -0.2) is 13.4 Å². The standard InChI is InChI=1S/C14H18N4O2S/c1-3-17-9-14(16-10(17)2)21(19,20)18-7-11-4-5-13(15)6-12(11)8-18/h4-6,9H,3,7-8,15H2,1-2H3. The van der Waals surface area contributed by atoms with Crippen LogP contribution in [0.15, 0.2) is 29.4 Å². The van der Waals surface area contributed by atoms with E-state index >= 15 is 0 Å². The maximum absolute atomic E-state index is 12.7. The first-order valence-electron chi connectivity index (χ1n) is 6.83. The number of fused-ring (bicyclic) bond motifs is 1. The largest absolute Gasteiger partial charge is 0.399 e. The van der Waals surface area contributed by atoms with Crippen molar-refractivity contribution in [1.82, 2.24) is 13.9 Å². The number of nitrogen functional groups attached to an aromatic ring is 1. The molecule has 21 heavy (non-hydrogen) atoms. The number of nitrogens with two attached hydrogens (primary N) is 1. The van der Waals surface area contributed by atoms with Crippen LogP contribution in [0, 0.1) is 6.92 Å². The summed E-state index contributed by atoms with van der Waals surface area (Å²) >= 11 is 0. The Bertz CT molecular complexity index is 795. The maximum Gasteiger partial charge on any atom is 0.262 e. The Balaban J connectivity index is 1.94. The van der Waals surface area contributed by atoms with Crippen molar-refractivity contribution in [2.24, 2.45) is 0 Å². The molecule has 0 spiro atoms. The van der Waals surface area contributed by atoms with Gasteiger partial charge in [0.15, 0.2) is 5.03 Å². The highest BCUT2D eigenvalue weighted by Gasteiger charge is 2.32. The SMILES string of the molecule is CCn1cc(S(=O)(=O)N2Cc3ccc(N)cc3C2)nc1C. The zero-order chi connectivity index (χ0) is 15.2. The Morgan fingerprint density at radius 2 is 2.00 bits per heavy atom. The Labute approximate surface area is 124 Å². The molecule has 1 aliphatic heterocycles. The van der Waals surface area contributed by atoms with E-state index in [2.05, 4.69) is 4.98 Å². The van der Waals surface area contributed by atoms with Crippen molar-refractivity contribution < 1.29 is 8.42 Å². The van der Waals surface area contributed by atoms with Crippen molar-refractivity contribution in [2.45, 2.75) is 38.5 Å². The number of rotatable bonds is 3. The molecule has 1 aromatic carbocycles. The van der Waals surface area contributed by atoms with Gasteiger partial charge in [0.1, 0.15) is 5.82 Å². The molecule has 0 radical (unpaired) electrons. The number of anilines is 1. The van der Waals surface area contributed by atoms with Gasteiger partial charge in [-0.3, -0.25) is 0 Å². The molecule has 0 saturated heterocycles. The van der Waals surface area contributed by atoms with Crippen LogP contribution in [-0.4, -0.2) is 22.3 Å². The van der Waals surface area contributed by atoms with Crippen molar-refractivity contribution in [3.63, 3.8) is 0 Å². The molecule has 0 aliphatic carbocycles. The van der Waals surface area contributed by atoms with E-state index < -0.39 is 10.0 Å². The summed E-state index contributed by atoms with van der Waals surface area (Å²) in [7, 11) is -3.57. The fourth-order valence-corrected chi connectivity index (χ4v) is 4.00. The lowest BCUT2D eigenvalue weighted by Crippen LogP contribution is -2.26. The number of imidazole rings is 1. The van der Waals surface area contributed by atoms with Crippen LogP contribution >= 0.6 is 0 Å². The Morgan fingerprint density at radius 1 is 1.29 bits per heavy atom. The molecular weight excluding hydrogens is 288 g/mol. The number of hydrogen-bond acceptors (Lipinski definition) is 4. The van der Waals surface area contributed by atoms with Crippen molar-refractivity contribution >= 4 is 15.7 Å². The van der Waals surface area contributed by atoms with Crippen molar-refractivity contribution in [1.29, 1.82) is 0 Å². The minimum Gasteiger partial charge on any atom is -0.399 e. The summed E-state index contributed by atoms with van der Waals surface area (Å²) < 4.78 is 28.6. The summed E-state index contributed by atoms with van der Waals surface area (Å²) in [6.45, 7) is 5.18. The van der Waals surface area contributed by atoms with Gasteiger partial charge in [0, 0.05) is 31.5 Å². The molecule has 1 aromatic heterocycles. The van der Waals surface area contributed by atoms with Crippen LogP contribution in [-0.2, 0) is 29.7 Å². The van der Waals surface area contributed by atoms with Gasteiger partial charge in [0.2, 0.25) is 0 Å². The van der Waals surface area contributed by atoms with E-state index in [1.54, 1.807) is 12.3 Å². The van der Waals surface area contributed by atoms with E-state index in [-0.39, 0.29) is 5.03 Å². The topological polar surface area (TPSA) is 81.2 Å². The summed E-state index contributed by atoms with van der Waals surface area (Å²) in [5.74, 6) is 0.706. The number of sulfonamides is 1. The average Bonchev–Trinajstić information content (AvgIpc) is 3.02. The van der Waals surface area contributed by atoms with E-state index in [1.165, 1.54) is 4.31 Å². The average molecular weight is 306 g/mol. The highest BCUT2D eigenvalue weighted by molar-refractivity contribution is 7.89. The molecule has 2 aromatic rings. The third kappa shape index (κ3) is 2.32. The van der Waals surface area contributed by atoms with Crippen LogP contribution < -0.4 is 5.73 Å². The minimum atomic E-state index is -3.57. The number of hydrogen-bond donors (Lipinski definition) is 1. The van der Waals surface area contributed by atoms with E-state index in [4.69, 9.17) is 5.73 Å². The van der Waals surface area contributed by atoms with Crippen LogP contribution in [0.25, 0.3) is 0 Å². The Kier molecular flexibility index (Phi) is 3.26. The van der Waals surface area contributed by atoms with Gasteiger partial charge in [-0.05, 0) is 37.1 Å². The third-order valence-corrected chi connectivity index (χ3v) is 5.49. The lowest BCUT2D eigenvalue weighted by molar-refractivity contribution is 0.429. The second-order valence-electron chi connectivity index (χ2n) is 5.21. The molecule has 112 valence electrons. The first-order chi connectivity index (χ1) is 9.91. The number of nitrogens with zero attached hydrogens (tertiary/aromatic N) is 3. The van der Waals surface area contributed by atoms with Crippen molar-refractivity contribution in [2.75, 3.05) is 5.73 Å². The molecule has 0 atom stereocenters. The quantitative estimate of drug-likeness (QED) is 0.871. The highest BCUT2D eigenvalue weighted by Crippen LogP contribution is 2.29. The summed E-state index contributed by atoms with van der Waals surface area (Å²) in [6.07, 6.45) is 1.60. The molecule has 0 bridgehead atoms. The van der Waals surface area contributed by atoms with Crippen LogP contribution in [0.2, 0.25) is 0 Å². The summed E-state index contributed by atoms with van der Waals surface area (Å²) in [5.41, 5.74) is 8.37. The van der Waals surface area contributed by atoms with Gasteiger partial charge in [0.05, 0.1) is 0 Å². The molecule has 7 heteroatoms. The van der Waals surface area contributed by atoms with Gasteiger partial charge in [0.25, 0.3) is 10.0 Å². The maximum atomic E-state index is 12.7. The summed E-state index contributed by atoms with van der Waals surface area (Å²) in [6, 6.07) is 5.52. The lowest BCUT2D eigenvalue weighted by Gasteiger charge is -2.13. The number of benzene rings is 1. The van der Waals surface area contributed by atoms with Crippen molar-refractivity contribution in [3.8, 4) is 0 Å². The molecule has 1 aliphatic rings. The molecular formula is C14H18N4O2S. The fraction of sp³-hybridized carbons (Fsp3) is 0.357. The first kappa shape index (κ1) is 14.1. The highest BCUT2D eigenvalue weighted by atomic mass is 32.2. The zero-order valence-electron chi connectivity index (χ0n) is 12.1. The first-order valence-corrected chi connectivity index (χ1v) is 8.27. The van der Waals surface area contributed by atoms with Gasteiger partial charge in [-0.15, -0.1) is 0 Å².